The largest absolute Gasteiger partial charge is 0.449 e. The van der Waals surface area contributed by atoms with Crippen LogP contribution >= 0.6 is 11.6 Å². The lowest BCUT2D eigenvalue weighted by atomic mass is 9.97. The molecule has 1 aliphatic rings. The predicted octanol–water partition coefficient (Wildman–Crippen LogP) is 3.30. The fourth-order valence-electron chi connectivity index (χ4n) is 2.00. The molecule has 0 saturated carbocycles. The van der Waals surface area contributed by atoms with Gasteiger partial charge in [0.25, 0.3) is 0 Å². The Morgan fingerprint density at radius 3 is 2.71 bits per heavy atom. The number of ether oxygens (including phenoxy) is 2. The number of hydrogen-bond donors (Lipinski definition) is 1. The molecule has 0 aromatic heterocycles. The number of fused-ring (bicyclic) bond motifs is 1. The molecule has 0 amide bonds. The second-order valence-electron chi connectivity index (χ2n) is 4.91. The summed E-state index contributed by atoms with van der Waals surface area (Å²) < 4.78 is 11.3. The van der Waals surface area contributed by atoms with E-state index in [4.69, 9.17) is 26.8 Å². The van der Waals surface area contributed by atoms with Crippen LogP contribution < -0.4 is 15.2 Å². The van der Waals surface area contributed by atoms with Gasteiger partial charge in [-0.2, -0.15) is 0 Å². The Labute approximate surface area is 107 Å². The van der Waals surface area contributed by atoms with E-state index in [1.807, 2.05) is 26.0 Å². The van der Waals surface area contributed by atoms with E-state index in [0.29, 0.717) is 23.2 Å². The smallest absolute Gasteiger partial charge is 0.246 e. The molecule has 0 saturated heterocycles. The normalized spacial score (nSPS) is 18.2. The number of halogens is 1. The van der Waals surface area contributed by atoms with Crippen LogP contribution in [0.1, 0.15) is 38.7 Å². The Bertz CT molecular complexity index is 432. The first-order valence-corrected chi connectivity index (χ1v) is 6.22. The first-order valence-electron chi connectivity index (χ1n) is 5.84. The highest BCUT2D eigenvalue weighted by Crippen LogP contribution is 2.46. The number of benzene rings is 1. The highest BCUT2D eigenvalue weighted by molar-refractivity contribution is 6.32. The minimum atomic E-state index is -0.637. The van der Waals surface area contributed by atoms with E-state index in [2.05, 4.69) is 6.92 Å². The molecular weight excluding hydrogens is 238 g/mol. The van der Waals surface area contributed by atoms with Crippen molar-refractivity contribution >= 4 is 11.6 Å². The summed E-state index contributed by atoms with van der Waals surface area (Å²) >= 11 is 6.21. The van der Waals surface area contributed by atoms with Gasteiger partial charge in [-0.1, -0.05) is 18.5 Å². The molecule has 1 unspecified atom stereocenters. The van der Waals surface area contributed by atoms with Crippen molar-refractivity contribution < 1.29 is 9.47 Å². The van der Waals surface area contributed by atoms with Gasteiger partial charge in [-0.3, -0.25) is 0 Å². The highest BCUT2D eigenvalue weighted by Gasteiger charge is 2.34. The number of hydrogen-bond acceptors (Lipinski definition) is 3. The first kappa shape index (κ1) is 12.5. The maximum absolute atomic E-state index is 6.21. The zero-order chi connectivity index (χ0) is 12.6. The van der Waals surface area contributed by atoms with E-state index in [1.54, 1.807) is 0 Å². The zero-order valence-electron chi connectivity index (χ0n) is 10.4. The van der Waals surface area contributed by atoms with E-state index < -0.39 is 5.79 Å². The third kappa shape index (κ3) is 2.50. The molecule has 1 aliphatic heterocycles. The third-order valence-electron chi connectivity index (χ3n) is 2.90. The SMILES string of the molecule is CC(CCN)c1cc(Cl)c2c(c1)OC(C)(C)O2. The second-order valence-corrected chi connectivity index (χ2v) is 5.32. The van der Waals surface area contributed by atoms with Crippen LogP contribution in [0.3, 0.4) is 0 Å². The van der Waals surface area contributed by atoms with E-state index in [1.165, 1.54) is 0 Å². The molecule has 1 aromatic carbocycles. The predicted molar refractivity (Wildman–Crippen MR) is 68.9 cm³/mol. The van der Waals surface area contributed by atoms with Crippen molar-refractivity contribution in [2.45, 2.75) is 38.9 Å². The topological polar surface area (TPSA) is 44.5 Å². The summed E-state index contributed by atoms with van der Waals surface area (Å²) in [6.07, 6.45) is 0.930. The van der Waals surface area contributed by atoms with Gasteiger partial charge >= 0.3 is 0 Å². The molecule has 0 spiro atoms. The fraction of sp³-hybridized carbons (Fsp3) is 0.538. The Hall–Kier alpha value is -0.930. The maximum atomic E-state index is 6.21. The number of rotatable bonds is 3. The van der Waals surface area contributed by atoms with Crippen molar-refractivity contribution in [1.82, 2.24) is 0 Å². The summed E-state index contributed by atoms with van der Waals surface area (Å²) in [4.78, 5) is 0. The van der Waals surface area contributed by atoms with E-state index in [0.717, 1.165) is 17.7 Å². The molecule has 2 N–H and O–H groups in total. The lowest BCUT2D eigenvalue weighted by molar-refractivity contribution is -0.0431. The van der Waals surface area contributed by atoms with Gasteiger partial charge in [0.05, 0.1) is 5.02 Å². The Morgan fingerprint density at radius 1 is 1.35 bits per heavy atom. The van der Waals surface area contributed by atoms with E-state index in [9.17, 15) is 0 Å². The third-order valence-corrected chi connectivity index (χ3v) is 3.18. The van der Waals surface area contributed by atoms with Crippen molar-refractivity contribution in [2.24, 2.45) is 5.73 Å². The van der Waals surface area contributed by atoms with Gasteiger partial charge in [0.1, 0.15) is 0 Å². The van der Waals surface area contributed by atoms with E-state index >= 15 is 0 Å². The lowest BCUT2D eigenvalue weighted by Gasteiger charge is -2.16. The summed E-state index contributed by atoms with van der Waals surface area (Å²) in [5.41, 5.74) is 6.71. The van der Waals surface area contributed by atoms with Crippen LogP contribution in [0.25, 0.3) is 0 Å². The van der Waals surface area contributed by atoms with Gasteiger partial charge in [-0.15, -0.1) is 0 Å². The summed E-state index contributed by atoms with van der Waals surface area (Å²) in [6, 6.07) is 3.93. The van der Waals surface area contributed by atoms with Crippen molar-refractivity contribution in [3.8, 4) is 11.5 Å². The zero-order valence-corrected chi connectivity index (χ0v) is 11.2. The summed E-state index contributed by atoms with van der Waals surface area (Å²) in [5, 5.41) is 0.604. The van der Waals surface area contributed by atoms with Crippen LogP contribution in [-0.2, 0) is 0 Å². The van der Waals surface area contributed by atoms with Gasteiger partial charge < -0.3 is 15.2 Å². The van der Waals surface area contributed by atoms with Crippen LogP contribution in [0.4, 0.5) is 0 Å². The monoisotopic (exact) mass is 255 g/mol. The summed E-state index contributed by atoms with van der Waals surface area (Å²) in [6.45, 7) is 6.53. The average molecular weight is 256 g/mol. The van der Waals surface area contributed by atoms with Crippen LogP contribution in [-0.4, -0.2) is 12.3 Å². The molecule has 17 heavy (non-hydrogen) atoms. The molecule has 1 aromatic rings. The molecular formula is C13H18ClNO2. The summed E-state index contributed by atoms with van der Waals surface area (Å²) in [7, 11) is 0. The van der Waals surface area contributed by atoms with Crippen LogP contribution in [0, 0.1) is 0 Å². The van der Waals surface area contributed by atoms with Gasteiger partial charge in [0.2, 0.25) is 5.79 Å². The maximum Gasteiger partial charge on any atom is 0.246 e. The Balaban J connectivity index is 2.33. The van der Waals surface area contributed by atoms with Gasteiger partial charge in [-0.05, 0) is 36.6 Å². The molecule has 0 bridgehead atoms. The minimum Gasteiger partial charge on any atom is -0.449 e. The molecule has 94 valence electrons. The second kappa shape index (κ2) is 4.39. The standard InChI is InChI=1S/C13H18ClNO2/c1-8(4-5-15)9-6-10(14)12-11(7-9)16-13(2,3)17-12/h6-8H,4-5,15H2,1-3H3. The fourth-order valence-corrected chi connectivity index (χ4v) is 2.25. The van der Waals surface area contributed by atoms with Gasteiger partial charge in [0, 0.05) is 13.8 Å². The summed E-state index contributed by atoms with van der Waals surface area (Å²) in [5.74, 6) is 1.10. The first-order chi connectivity index (χ1) is 7.93. The minimum absolute atomic E-state index is 0.370. The molecule has 3 nitrogen and oxygen atoms in total. The average Bonchev–Trinajstić information content (AvgIpc) is 2.53. The Kier molecular flexibility index (Phi) is 3.23. The van der Waals surface area contributed by atoms with E-state index in [-0.39, 0.29) is 0 Å². The van der Waals surface area contributed by atoms with Gasteiger partial charge in [0.15, 0.2) is 11.5 Å². The Morgan fingerprint density at radius 2 is 2.06 bits per heavy atom. The van der Waals surface area contributed by atoms with Crippen LogP contribution in [0.15, 0.2) is 12.1 Å². The van der Waals surface area contributed by atoms with Crippen LogP contribution in [0.5, 0.6) is 11.5 Å². The van der Waals surface area contributed by atoms with Gasteiger partial charge in [-0.25, -0.2) is 0 Å². The molecule has 0 fully saturated rings. The lowest BCUT2D eigenvalue weighted by Crippen LogP contribution is -2.29. The molecule has 1 heterocycles. The van der Waals surface area contributed by atoms with Crippen molar-refractivity contribution in [3.05, 3.63) is 22.7 Å². The highest BCUT2D eigenvalue weighted by atomic mass is 35.5. The molecule has 2 rings (SSSR count). The molecule has 1 atom stereocenters. The van der Waals surface area contributed by atoms with Crippen molar-refractivity contribution in [3.63, 3.8) is 0 Å². The van der Waals surface area contributed by atoms with Crippen molar-refractivity contribution in [2.75, 3.05) is 6.54 Å². The molecule has 0 aliphatic carbocycles. The van der Waals surface area contributed by atoms with Crippen LogP contribution in [0.2, 0.25) is 5.02 Å². The van der Waals surface area contributed by atoms with Crippen molar-refractivity contribution in [1.29, 1.82) is 0 Å². The molecule has 0 radical (unpaired) electrons. The molecule has 4 heteroatoms. The quantitative estimate of drug-likeness (QED) is 0.901. The number of nitrogens with two attached hydrogens (primary N) is 1.